The summed E-state index contributed by atoms with van der Waals surface area (Å²) in [4.78, 5) is 11.3. The van der Waals surface area contributed by atoms with Gasteiger partial charge in [0.05, 0.1) is 18.2 Å². The summed E-state index contributed by atoms with van der Waals surface area (Å²) >= 11 is 0. The number of nitrogens with two attached hydrogens (primary N) is 1. The average Bonchev–Trinajstić information content (AvgIpc) is 2.59. The molecule has 1 heterocycles. The number of carbonyl (C=O) groups is 1. The van der Waals surface area contributed by atoms with Crippen molar-refractivity contribution in [2.24, 2.45) is 11.7 Å². The molecule has 1 unspecified atom stereocenters. The largest absolute Gasteiger partial charge is 0.326 e. The summed E-state index contributed by atoms with van der Waals surface area (Å²) < 4.78 is 0. The maximum atomic E-state index is 11.3. The Balaban J connectivity index is 2.13. The first-order valence-corrected chi connectivity index (χ1v) is 5.08. The summed E-state index contributed by atoms with van der Waals surface area (Å²) in [6, 6.07) is 7.90. The highest BCUT2D eigenvalue weighted by molar-refractivity contribution is 5.83. The lowest BCUT2D eigenvalue weighted by atomic mass is 10.2. The number of anilines is 1. The molecular formula is C11H15N3O. The molecule has 80 valence electrons. The standard InChI is InChI=1S/C11H15N3O/c1-8-7-14(13-11(8)15)10-4-2-9(6-12)3-5-10/h2-5,8H,6-7,12H2,1H3,(H,13,15). The fourth-order valence-electron chi connectivity index (χ4n) is 1.63. The van der Waals surface area contributed by atoms with Crippen LogP contribution in [0.15, 0.2) is 24.3 Å². The van der Waals surface area contributed by atoms with Crippen molar-refractivity contribution in [3.05, 3.63) is 29.8 Å². The fraction of sp³-hybridized carbons (Fsp3) is 0.364. The lowest BCUT2D eigenvalue weighted by molar-refractivity contribution is -0.121. The average molecular weight is 205 g/mol. The maximum Gasteiger partial charge on any atom is 0.243 e. The van der Waals surface area contributed by atoms with Gasteiger partial charge in [-0.05, 0) is 17.7 Å². The predicted molar refractivity (Wildman–Crippen MR) is 59.0 cm³/mol. The minimum Gasteiger partial charge on any atom is -0.326 e. The summed E-state index contributed by atoms with van der Waals surface area (Å²) in [5.74, 6) is 0.136. The quantitative estimate of drug-likeness (QED) is 0.744. The molecule has 1 fully saturated rings. The van der Waals surface area contributed by atoms with Crippen molar-refractivity contribution in [3.8, 4) is 0 Å². The monoisotopic (exact) mass is 205 g/mol. The van der Waals surface area contributed by atoms with Gasteiger partial charge in [-0.1, -0.05) is 19.1 Å². The van der Waals surface area contributed by atoms with Crippen LogP contribution in [0.2, 0.25) is 0 Å². The zero-order valence-electron chi connectivity index (χ0n) is 8.73. The second-order valence-electron chi connectivity index (χ2n) is 3.86. The Morgan fingerprint density at radius 1 is 1.47 bits per heavy atom. The molecule has 1 aromatic rings. The van der Waals surface area contributed by atoms with Crippen molar-refractivity contribution in [2.45, 2.75) is 13.5 Å². The van der Waals surface area contributed by atoms with E-state index in [1.165, 1.54) is 0 Å². The van der Waals surface area contributed by atoms with Crippen LogP contribution < -0.4 is 16.2 Å². The maximum absolute atomic E-state index is 11.3. The number of benzene rings is 1. The van der Waals surface area contributed by atoms with Crippen LogP contribution in [0.4, 0.5) is 5.69 Å². The molecule has 1 aliphatic rings. The molecule has 1 amide bonds. The highest BCUT2D eigenvalue weighted by Crippen LogP contribution is 2.18. The summed E-state index contributed by atoms with van der Waals surface area (Å²) in [6.07, 6.45) is 0. The molecule has 1 aliphatic heterocycles. The molecule has 0 spiro atoms. The van der Waals surface area contributed by atoms with E-state index < -0.39 is 0 Å². The van der Waals surface area contributed by atoms with Crippen molar-refractivity contribution in [1.29, 1.82) is 0 Å². The molecule has 1 atom stereocenters. The topological polar surface area (TPSA) is 58.4 Å². The molecule has 0 saturated carbocycles. The first-order chi connectivity index (χ1) is 7.20. The molecule has 15 heavy (non-hydrogen) atoms. The first-order valence-electron chi connectivity index (χ1n) is 5.08. The Labute approximate surface area is 89.0 Å². The van der Waals surface area contributed by atoms with Crippen LogP contribution in [0, 0.1) is 5.92 Å². The molecule has 2 rings (SSSR count). The van der Waals surface area contributed by atoms with Gasteiger partial charge in [-0.15, -0.1) is 0 Å². The van der Waals surface area contributed by atoms with Crippen LogP contribution in [0.5, 0.6) is 0 Å². The summed E-state index contributed by atoms with van der Waals surface area (Å²) in [5, 5.41) is 1.87. The molecule has 1 saturated heterocycles. The highest BCUT2D eigenvalue weighted by atomic mass is 16.2. The van der Waals surface area contributed by atoms with Crippen molar-refractivity contribution in [1.82, 2.24) is 5.43 Å². The number of rotatable bonds is 2. The summed E-state index contributed by atoms with van der Waals surface area (Å²) in [6.45, 7) is 3.19. The lowest BCUT2D eigenvalue weighted by Crippen LogP contribution is -2.32. The zero-order valence-corrected chi connectivity index (χ0v) is 8.73. The van der Waals surface area contributed by atoms with Gasteiger partial charge in [0.25, 0.3) is 0 Å². The van der Waals surface area contributed by atoms with Crippen molar-refractivity contribution in [3.63, 3.8) is 0 Å². The molecule has 4 nitrogen and oxygen atoms in total. The Kier molecular flexibility index (Phi) is 2.60. The third-order valence-electron chi connectivity index (χ3n) is 2.63. The normalized spacial score (nSPS) is 20.5. The van der Waals surface area contributed by atoms with Gasteiger partial charge in [0, 0.05) is 6.54 Å². The molecule has 3 N–H and O–H groups in total. The minimum absolute atomic E-state index is 0.0548. The Morgan fingerprint density at radius 2 is 2.13 bits per heavy atom. The molecular weight excluding hydrogens is 190 g/mol. The highest BCUT2D eigenvalue weighted by Gasteiger charge is 2.26. The van der Waals surface area contributed by atoms with Gasteiger partial charge in [-0.25, -0.2) is 0 Å². The number of nitrogens with one attached hydrogen (secondary N) is 1. The zero-order chi connectivity index (χ0) is 10.8. The van der Waals surface area contributed by atoms with Crippen molar-refractivity contribution >= 4 is 11.6 Å². The van der Waals surface area contributed by atoms with Crippen LogP contribution >= 0.6 is 0 Å². The molecule has 0 aliphatic carbocycles. The number of hydrogen-bond donors (Lipinski definition) is 2. The third-order valence-corrected chi connectivity index (χ3v) is 2.63. The van der Waals surface area contributed by atoms with Crippen LogP contribution in [0.1, 0.15) is 12.5 Å². The van der Waals surface area contributed by atoms with E-state index >= 15 is 0 Å². The van der Waals surface area contributed by atoms with Crippen LogP contribution in [-0.4, -0.2) is 12.5 Å². The van der Waals surface area contributed by atoms with Crippen LogP contribution in [-0.2, 0) is 11.3 Å². The number of hydrazine groups is 1. The van der Waals surface area contributed by atoms with Gasteiger partial charge in [-0.2, -0.15) is 0 Å². The van der Waals surface area contributed by atoms with E-state index in [2.05, 4.69) is 5.43 Å². The molecule has 0 aromatic heterocycles. The molecule has 0 radical (unpaired) electrons. The second kappa shape index (κ2) is 3.90. The van der Waals surface area contributed by atoms with Crippen LogP contribution in [0.25, 0.3) is 0 Å². The van der Waals surface area contributed by atoms with Crippen LogP contribution in [0.3, 0.4) is 0 Å². The Bertz CT molecular complexity index is 361. The van der Waals surface area contributed by atoms with Gasteiger partial charge >= 0.3 is 0 Å². The smallest absolute Gasteiger partial charge is 0.243 e. The van der Waals surface area contributed by atoms with E-state index in [1.807, 2.05) is 36.2 Å². The number of hydrogen-bond acceptors (Lipinski definition) is 3. The van der Waals surface area contributed by atoms with Gasteiger partial charge in [0.2, 0.25) is 5.91 Å². The van der Waals surface area contributed by atoms with E-state index in [1.54, 1.807) is 0 Å². The van der Waals surface area contributed by atoms with E-state index in [9.17, 15) is 4.79 Å². The first kappa shape index (κ1) is 9.98. The van der Waals surface area contributed by atoms with E-state index in [4.69, 9.17) is 5.73 Å². The summed E-state index contributed by atoms with van der Waals surface area (Å²) in [7, 11) is 0. The van der Waals surface area contributed by atoms with E-state index in [0.717, 1.165) is 17.8 Å². The van der Waals surface area contributed by atoms with Crippen molar-refractivity contribution in [2.75, 3.05) is 11.6 Å². The Hall–Kier alpha value is -1.55. The number of carbonyl (C=O) groups excluding carboxylic acids is 1. The second-order valence-corrected chi connectivity index (χ2v) is 3.86. The van der Waals surface area contributed by atoms with Gasteiger partial charge < -0.3 is 5.73 Å². The third kappa shape index (κ3) is 1.94. The van der Waals surface area contributed by atoms with Gasteiger partial charge in [-0.3, -0.25) is 15.2 Å². The van der Waals surface area contributed by atoms with E-state index in [-0.39, 0.29) is 11.8 Å². The van der Waals surface area contributed by atoms with Crippen molar-refractivity contribution < 1.29 is 4.79 Å². The predicted octanol–water partition coefficient (Wildman–Crippen LogP) is 0.633. The Morgan fingerprint density at radius 3 is 2.60 bits per heavy atom. The summed E-state index contributed by atoms with van der Waals surface area (Å²) in [5.41, 5.74) is 10.4. The van der Waals surface area contributed by atoms with Gasteiger partial charge in [0.15, 0.2) is 0 Å². The fourth-order valence-corrected chi connectivity index (χ4v) is 1.63. The van der Waals surface area contributed by atoms with E-state index in [0.29, 0.717) is 6.54 Å². The molecule has 1 aromatic carbocycles. The lowest BCUT2D eigenvalue weighted by Gasteiger charge is -2.17. The number of nitrogens with zero attached hydrogens (tertiary/aromatic N) is 1. The van der Waals surface area contributed by atoms with Gasteiger partial charge in [0.1, 0.15) is 0 Å². The minimum atomic E-state index is 0.0548. The molecule has 4 heteroatoms. The SMILES string of the molecule is CC1CN(c2ccc(CN)cc2)NC1=O. The molecule has 0 bridgehead atoms. The number of amides is 1.